The first-order valence-corrected chi connectivity index (χ1v) is 6.08. The summed E-state index contributed by atoms with van der Waals surface area (Å²) in [7, 11) is 0. The van der Waals surface area contributed by atoms with Crippen molar-refractivity contribution in [1.82, 2.24) is 4.90 Å². The van der Waals surface area contributed by atoms with Crippen LogP contribution in [-0.4, -0.2) is 22.2 Å². The molecule has 0 aromatic heterocycles. The summed E-state index contributed by atoms with van der Waals surface area (Å²) in [5.74, 6) is 0. The molecular weight excluding hydrogens is 214 g/mol. The normalized spacial score (nSPS) is 25.7. The summed E-state index contributed by atoms with van der Waals surface area (Å²) in [5.41, 5.74) is 1.51. The van der Waals surface area contributed by atoms with Crippen molar-refractivity contribution in [2.75, 3.05) is 6.54 Å². The predicted molar refractivity (Wildman–Crippen MR) is 67.7 cm³/mol. The maximum atomic E-state index is 9.39. The van der Waals surface area contributed by atoms with Crippen LogP contribution in [0.15, 0.2) is 24.3 Å². The third kappa shape index (κ3) is 1.99. The van der Waals surface area contributed by atoms with Crippen molar-refractivity contribution < 1.29 is 10.1 Å². The van der Waals surface area contributed by atoms with Gasteiger partial charge < -0.3 is 0 Å². The molecule has 0 saturated heterocycles. The average Bonchev–Trinajstić information content (AvgIpc) is 2.28. The first-order valence-electron chi connectivity index (χ1n) is 6.08. The average molecular weight is 235 g/mol. The van der Waals surface area contributed by atoms with Gasteiger partial charge in [0.25, 0.3) is 0 Å². The SMILES string of the molecule is CC(C)(C)N1CCc2ccccc2C1(C)OO. The summed E-state index contributed by atoms with van der Waals surface area (Å²) in [6.07, 6.45) is 0.992. The minimum absolute atomic E-state index is 0.0506. The van der Waals surface area contributed by atoms with Crippen LogP contribution >= 0.6 is 0 Å². The van der Waals surface area contributed by atoms with Gasteiger partial charge in [-0.25, -0.2) is 10.1 Å². The van der Waals surface area contributed by atoms with E-state index in [0.717, 1.165) is 18.5 Å². The van der Waals surface area contributed by atoms with Crippen LogP contribution in [0.5, 0.6) is 0 Å². The molecule has 1 aliphatic rings. The monoisotopic (exact) mass is 235 g/mol. The molecule has 17 heavy (non-hydrogen) atoms. The molecule has 1 aromatic rings. The Morgan fingerprint density at radius 2 is 1.94 bits per heavy atom. The smallest absolute Gasteiger partial charge is 0.179 e. The Morgan fingerprint density at radius 1 is 1.29 bits per heavy atom. The molecular formula is C14H21NO2. The second kappa shape index (κ2) is 4.09. The van der Waals surface area contributed by atoms with Crippen molar-refractivity contribution in [3.63, 3.8) is 0 Å². The van der Waals surface area contributed by atoms with Crippen LogP contribution in [0.25, 0.3) is 0 Å². The van der Waals surface area contributed by atoms with Gasteiger partial charge in [-0.15, -0.1) is 0 Å². The van der Waals surface area contributed by atoms with Crippen LogP contribution in [0.1, 0.15) is 38.8 Å². The van der Waals surface area contributed by atoms with E-state index >= 15 is 0 Å². The van der Waals surface area contributed by atoms with E-state index in [1.165, 1.54) is 5.56 Å². The zero-order chi connectivity index (χ0) is 12.7. The molecule has 0 saturated carbocycles. The van der Waals surface area contributed by atoms with Crippen molar-refractivity contribution in [3.05, 3.63) is 35.4 Å². The highest BCUT2D eigenvalue weighted by molar-refractivity contribution is 5.34. The van der Waals surface area contributed by atoms with Crippen molar-refractivity contribution >= 4 is 0 Å². The van der Waals surface area contributed by atoms with Crippen molar-refractivity contribution in [2.45, 2.75) is 45.4 Å². The zero-order valence-electron chi connectivity index (χ0n) is 11.0. The summed E-state index contributed by atoms with van der Waals surface area (Å²) < 4.78 is 0. The van der Waals surface area contributed by atoms with Gasteiger partial charge in [0.05, 0.1) is 0 Å². The lowest BCUT2D eigenvalue weighted by Gasteiger charge is -2.50. The standard InChI is InChI=1S/C14H21NO2/c1-13(2,3)15-10-9-11-7-5-6-8-12(11)14(15,4)17-16/h5-8,16H,9-10H2,1-4H3. The Labute approximate surface area is 103 Å². The molecule has 0 fully saturated rings. The number of fused-ring (bicyclic) bond motifs is 1. The molecule has 1 aliphatic heterocycles. The number of rotatable bonds is 1. The quantitative estimate of drug-likeness (QED) is 0.600. The first kappa shape index (κ1) is 12.6. The van der Waals surface area contributed by atoms with Gasteiger partial charge in [0.15, 0.2) is 5.72 Å². The number of benzene rings is 1. The summed E-state index contributed by atoms with van der Waals surface area (Å²) >= 11 is 0. The van der Waals surface area contributed by atoms with E-state index in [9.17, 15) is 5.26 Å². The molecule has 0 aliphatic carbocycles. The van der Waals surface area contributed by atoms with Crippen LogP contribution in [0.3, 0.4) is 0 Å². The van der Waals surface area contributed by atoms with E-state index < -0.39 is 5.72 Å². The van der Waals surface area contributed by atoms with Crippen LogP contribution in [0, 0.1) is 0 Å². The van der Waals surface area contributed by atoms with Gasteiger partial charge in [0.2, 0.25) is 0 Å². The summed E-state index contributed by atoms with van der Waals surface area (Å²) in [6, 6.07) is 8.15. The molecule has 1 atom stereocenters. The molecule has 3 heteroatoms. The van der Waals surface area contributed by atoms with Gasteiger partial charge in [-0.3, -0.25) is 4.90 Å². The summed E-state index contributed by atoms with van der Waals surface area (Å²) in [4.78, 5) is 7.07. The van der Waals surface area contributed by atoms with Gasteiger partial charge >= 0.3 is 0 Å². The summed E-state index contributed by atoms with van der Waals surface area (Å²) in [5, 5.41) is 9.39. The van der Waals surface area contributed by atoms with E-state index in [-0.39, 0.29) is 5.54 Å². The largest absolute Gasteiger partial charge is 0.264 e. The second-order valence-electron chi connectivity index (χ2n) is 5.80. The van der Waals surface area contributed by atoms with Gasteiger partial charge in [-0.2, -0.15) is 0 Å². The lowest BCUT2D eigenvalue weighted by Crippen LogP contribution is -2.57. The zero-order valence-corrected chi connectivity index (χ0v) is 11.0. The highest BCUT2D eigenvalue weighted by Crippen LogP contribution is 2.39. The van der Waals surface area contributed by atoms with Crippen LogP contribution in [-0.2, 0) is 17.0 Å². The number of nitrogens with zero attached hydrogens (tertiary/aromatic N) is 1. The van der Waals surface area contributed by atoms with E-state index in [1.54, 1.807) is 0 Å². The Bertz CT molecular complexity index is 411. The minimum atomic E-state index is -0.757. The third-order valence-electron chi connectivity index (χ3n) is 3.62. The molecule has 1 N–H and O–H groups in total. The minimum Gasteiger partial charge on any atom is -0.264 e. The Kier molecular flexibility index (Phi) is 3.02. The van der Waals surface area contributed by atoms with Crippen LogP contribution in [0.2, 0.25) is 0 Å². The molecule has 1 aromatic carbocycles. The van der Waals surface area contributed by atoms with Crippen molar-refractivity contribution in [1.29, 1.82) is 0 Å². The Balaban J connectivity index is 2.51. The molecule has 2 rings (SSSR count). The Morgan fingerprint density at radius 3 is 2.53 bits per heavy atom. The van der Waals surface area contributed by atoms with Gasteiger partial charge in [0, 0.05) is 17.6 Å². The predicted octanol–water partition coefficient (Wildman–Crippen LogP) is 3.01. The molecule has 1 unspecified atom stereocenters. The van der Waals surface area contributed by atoms with E-state index in [4.69, 9.17) is 4.89 Å². The number of hydrogen-bond donors (Lipinski definition) is 1. The first-order chi connectivity index (χ1) is 7.89. The van der Waals surface area contributed by atoms with E-state index in [2.05, 4.69) is 31.7 Å². The summed E-state index contributed by atoms with van der Waals surface area (Å²) in [6.45, 7) is 9.22. The maximum absolute atomic E-state index is 9.39. The van der Waals surface area contributed by atoms with Crippen molar-refractivity contribution in [3.8, 4) is 0 Å². The molecule has 1 heterocycles. The highest BCUT2D eigenvalue weighted by Gasteiger charge is 2.45. The fourth-order valence-corrected chi connectivity index (χ4v) is 2.86. The number of hydrogen-bond acceptors (Lipinski definition) is 3. The third-order valence-corrected chi connectivity index (χ3v) is 3.62. The van der Waals surface area contributed by atoms with E-state index in [0.29, 0.717) is 0 Å². The van der Waals surface area contributed by atoms with Crippen molar-refractivity contribution in [2.24, 2.45) is 0 Å². The van der Waals surface area contributed by atoms with Gasteiger partial charge in [-0.05, 0) is 39.7 Å². The molecule has 0 radical (unpaired) electrons. The van der Waals surface area contributed by atoms with Crippen LogP contribution < -0.4 is 0 Å². The molecule has 94 valence electrons. The lowest BCUT2D eigenvalue weighted by molar-refractivity contribution is -0.378. The van der Waals surface area contributed by atoms with Crippen LogP contribution in [0.4, 0.5) is 0 Å². The topological polar surface area (TPSA) is 32.7 Å². The lowest BCUT2D eigenvalue weighted by atomic mass is 9.87. The molecule has 0 bridgehead atoms. The van der Waals surface area contributed by atoms with Gasteiger partial charge in [-0.1, -0.05) is 24.3 Å². The molecule has 3 nitrogen and oxygen atoms in total. The molecule has 0 spiro atoms. The fourth-order valence-electron chi connectivity index (χ4n) is 2.86. The second-order valence-corrected chi connectivity index (χ2v) is 5.80. The van der Waals surface area contributed by atoms with Gasteiger partial charge in [0.1, 0.15) is 0 Å². The van der Waals surface area contributed by atoms with E-state index in [1.807, 2.05) is 25.1 Å². The molecule has 0 amide bonds. The highest BCUT2D eigenvalue weighted by atomic mass is 17.1. The Hall–Kier alpha value is -0.900. The maximum Gasteiger partial charge on any atom is 0.179 e. The fraction of sp³-hybridized carbons (Fsp3) is 0.571.